The van der Waals surface area contributed by atoms with Crippen LogP contribution in [0.2, 0.25) is 0 Å². The van der Waals surface area contributed by atoms with Crippen LogP contribution in [0.4, 0.5) is 0 Å². The molecule has 4 nitrogen and oxygen atoms in total. The summed E-state index contributed by atoms with van der Waals surface area (Å²) in [5.74, 6) is 0.107. The predicted molar refractivity (Wildman–Crippen MR) is 64.7 cm³/mol. The Balaban J connectivity index is 2.26. The summed E-state index contributed by atoms with van der Waals surface area (Å²) in [5.41, 5.74) is 1.91. The van der Waals surface area contributed by atoms with Crippen molar-refractivity contribution >= 4 is 12.3 Å². The van der Waals surface area contributed by atoms with Crippen molar-refractivity contribution in [1.82, 2.24) is 0 Å². The Labute approximate surface area is 104 Å². The van der Waals surface area contributed by atoms with Gasteiger partial charge in [0.25, 0.3) is 0 Å². The van der Waals surface area contributed by atoms with E-state index in [1.807, 2.05) is 6.07 Å². The molecule has 0 unspecified atom stereocenters. The summed E-state index contributed by atoms with van der Waals surface area (Å²) in [5, 5.41) is 0. The third kappa shape index (κ3) is 2.48. The third-order valence-electron chi connectivity index (χ3n) is 2.60. The van der Waals surface area contributed by atoms with E-state index in [0.29, 0.717) is 23.3 Å². The van der Waals surface area contributed by atoms with Gasteiger partial charge in [-0.05, 0) is 17.7 Å². The molecule has 0 aliphatic rings. The summed E-state index contributed by atoms with van der Waals surface area (Å²) >= 11 is 0. The van der Waals surface area contributed by atoms with Crippen molar-refractivity contribution in [3.63, 3.8) is 0 Å². The minimum atomic E-state index is -0.426. The fraction of sp³-hybridized carbons (Fsp3) is 0.143. The van der Waals surface area contributed by atoms with Crippen LogP contribution in [0.5, 0.6) is 0 Å². The van der Waals surface area contributed by atoms with Gasteiger partial charge in [0.15, 0.2) is 0 Å². The lowest BCUT2D eigenvalue weighted by atomic mass is 10.1. The van der Waals surface area contributed by atoms with E-state index in [4.69, 9.17) is 4.42 Å². The molecule has 0 spiro atoms. The van der Waals surface area contributed by atoms with Gasteiger partial charge in [-0.15, -0.1) is 0 Å². The highest BCUT2D eigenvalue weighted by atomic mass is 16.5. The van der Waals surface area contributed by atoms with E-state index in [2.05, 4.69) is 4.74 Å². The molecular weight excluding hydrogens is 232 g/mol. The van der Waals surface area contributed by atoms with Crippen LogP contribution in [0.1, 0.15) is 32.0 Å². The maximum atomic E-state index is 11.5. The number of ether oxygens (including phenoxy) is 1. The van der Waals surface area contributed by atoms with Gasteiger partial charge in [0, 0.05) is 12.0 Å². The lowest BCUT2D eigenvalue weighted by Gasteiger charge is -2.02. The fourth-order valence-corrected chi connectivity index (χ4v) is 1.73. The number of esters is 1. The molecule has 1 aromatic carbocycles. The Morgan fingerprint density at radius 2 is 2.22 bits per heavy atom. The quantitative estimate of drug-likeness (QED) is 0.612. The Kier molecular flexibility index (Phi) is 3.57. The van der Waals surface area contributed by atoms with E-state index >= 15 is 0 Å². The molecule has 92 valence electrons. The summed E-state index contributed by atoms with van der Waals surface area (Å²) in [6.07, 6.45) is 2.68. The Morgan fingerprint density at radius 3 is 2.94 bits per heavy atom. The van der Waals surface area contributed by atoms with Crippen LogP contribution in [0.3, 0.4) is 0 Å². The van der Waals surface area contributed by atoms with Crippen LogP contribution < -0.4 is 0 Å². The number of carbonyl (C=O) groups excluding carboxylic acids is 2. The summed E-state index contributed by atoms with van der Waals surface area (Å²) in [4.78, 5) is 22.2. The van der Waals surface area contributed by atoms with Gasteiger partial charge in [0.2, 0.25) is 0 Å². The lowest BCUT2D eigenvalue weighted by Crippen LogP contribution is -2.03. The smallest absolute Gasteiger partial charge is 0.341 e. The highest BCUT2D eigenvalue weighted by Gasteiger charge is 2.15. The van der Waals surface area contributed by atoms with E-state index in [1.54, 1.807) is 24.3 Å². The molecule has 0 amide bonds. The minimum Gasteiger partial charge on any atom is -0.468 e. The second kappa shape index (κ2) is 5.31. The Hall–Kier alpha value is -2.36. The van der Waals surface area contributed by atoms with Gasteiger partial charge in [-0.2, -0.15) is 0 Å². The largest absolute Gasteiger partial charge is 0.468 e. The van der Waals surface area contributed by atoms with Crippen molar-refractivity contribution in [2.24, 2.45) is 0 Å². The van der Waals surface area contributed by atoms with Crippen molar-refractivity contribution in [3.05, 3.63) is 59.0 Å². The summed E-state index contributed by atoms with van der Waals surface area (Å²) in [6.45, 7) is 0. The average Bonchev–Trinajstić information content (AvgIpc) is 2.86. The number of furan rings is 1. The predicted octanol–water partition coefficient (Wildman–Crippen LogP) is 2.47. The molecule has 0 fully saturated rings. The van der Waals surface area contributed by atoms with E-state index in [9.17, 15) is 9.59 Å². The van der Waals surface area contributed by atoms with Crippen LogP contribution in [-0.4, -0.2) is 19.4 Å². The maximum absolute atomic E-state index is 11.5. The highest BCUT2D eigenvalue weighted by molar-refractivity contribution is 5.90. The number of benzene rings is 1. The Morgan fingerprint density at radius 1 is 1.39 bits per heavy atom. The van der Waals surface area contributed by atoms with Gasteiger partial charge < -0.3 is 9.15 Å². The zero-order valence-electron chi connectivity index (χ0n) is 9.88. The van der Waals surface area contributed by atoms with E-state index in [-0.39, 0.29) is 0 Å². The number of methoxy groups -OCH3 is 1. The van der Waals surface area contributed by atoms with Gasteiger partial charge in [-0.25, -0.2) is 4.79 Å². The van der Waals surface area contributed by atoms with Gasteiger partial charge in [-0.3, -0.25) is 4.79 Å². The first kappa shape index (κ1) is 12.1. The van der Waals surface area contributed by atoms with E-state index in [0.717, 1.165) is 11.8 Å². The van der Waals surface area contributed by atoms with Crippen LogP contribution in [0.15, 0.2) is 41.0 Å². The van der Waals surface area contributed by atoms with Crippen LogP contribution >= 0.6 is 0 Å². The summed E-state index contributed by atoms with van der Waals surface area (Å²) < 4.78 is 9.94. The van der Waals surface area contributed by atoms with Gasteiger partial charge in [0.05, 0.1) is 13.4 Å². The van der Waals surface area contributed by atoms with Crippen LogP contribution in [-0.2, 0) is 11.2 Å². The second-order valence-electron chi connectivity index (χ2n) is 3.79. The molecule has 4 heteroatoms. The van der Waals surface area contributed by atoms with Crippen molar-refractivity contribution in [2.45, 2.75) is 6.42 Å². The standard InChI is InChI=1S/C14H12O4/c1-17-14(16)12-5-6-18-13(12)8-10-3-2-4-11(7-10)9-15/h2-7,9H,8H2,1H3. The number of hydrogen-bond acceptors (Lipinski definition) is 4. The normalized spacial score (nSPS) is 10.1. The molecule has 1 aromatic heterocycles. The monoisotopic (exact) mass is 244 g/mol. The minimum absolute atomic E-state index is 0.411. The van der Waals surface area contributed by atoms with Crippen molar-refractivity contribution in [2.75, 3.05) is 7.11 Å². The van der Waals surface area contributed by atoms with Crippen molar-refractivity contribution in [1.29, 1.82) is 0 Å². The topological polar surface area (TPSA) is 56.5 Å². The first-order valence-electron chi connectivity index (χ1n) is 5.43. The molecule has 0 atom stereocenters. The van der Waals surface area contributed by atoms with Crippen LogP contribution in [0.25, 0.3) is 0 Å². The average molecular weight is 244 g/mol. The molecule has 0 radical (unpaired) electrons. The zero-order valence-corrected chi connectivity index (χ0v) is 9.88. The second-order valence-corrected chi connectivity index (χ2v) is 3.79. The fourth-order valence-electron chi connectivity index (χ4n) is 1.73. The third-order valence-corrected chi connectivity index (χ3v) is 2.60. The molecule has 1 heterocycles. The number of rotatable bonds is 4. The number of carbonyl (C=O) groups is 2. The molecule has 0 aliphatic heterocycles. The van der Waals surface area contributed by atoms with Gasteiger partial charge >= 0.3 is 5.97 Å². The van der Waals surface area contributed by atoms with E-state index in [1.165, 1.54) is 13.4 Å². The molecule has 2 aromatic rings. The molecule has 0 N–H and O–H groups in total. The SMILES string of the molecule is COC(=O)c1ccoc1Cc1cccc(C=O)c1. The molecule has 0 saturated carbocycles. The molecule has 0 bridgehead atoms. The van der Waals surface area contributed by atoms with Crippen molar-refractivity contribution < 1.29 is 18.7 Å². The van der Waals surface area contributed by atoms with E-state index < -0.39 is 5.97 Å². The Bertz CT molecular complexity index is 569. The molecule has 2 rings (SSSR count). The first-order valence-corrected chi connectivity index (χ1v) is 5.43. The van der Waals surface area contributed by atoms with Gasteiger partial charge in [-0.1, -0.05) is 18.2 Å². The van der Waals surface area contributed by atoms with Crippen LogP contribution in [0, 0.1) is 0 Å². The zero-order chi connectivity index (χ0) is 13.0. The molecule has 18 heavy (non-hydrogen) atoms. The highest BCUT2D eigenvalue weighted by Crippen LogP contribution is 2.17. The summed E-state index contributed by atoms with van der Waals surface area (Å²) in [7, 11) is 1.33. The molecule has 0 saturated heterocycles. The summed E-state index contributed by atoms with van der Waals surface area (Å²) in [6, 6.07) is 8.72. The molecular formula is C14H12O4. The molecule has 0 aliphatic carbocycles. The van der Waals surface area contributed by atoms with Gasteiger partial charge in [0.1, 0.15) is 17.6 Å². The first-order chi connectivity index (χ1) is 8.74. The van der Waals surface area contributed by atoms with Crippen molar-refractivity contribution in [3.8, 4) is 0 Å². The number of hydrogen-bond donors (Lipinski definition) is 0. The lowest BCUT2D eigenvalue weighted by molar-refractivity contribution is 0.0598. The maximum Gasteiger partial charge on any atom is 0.341 e. The number of aldehydes is 1.